The first-order valence-electron chi connectivity index (χ1n) is 12.1. The van der Waals surface area contributed by atoms with E-state index in [1.54, 1.807) is 7.11 Å². The topological polar surface area (TPSA) is 50.7 Å². The molecule has 1 aromatic carbocycles. The number of aliphatic imine (C=N–C) groups is 1. The number of ether oxygens (including phenoxy) is 1. The van der Waals surface area contributed by atoms with E-state index in [-0.39, 0.29) is 12.0 Å². The highest BCUT2D eigenvalue weighted by atomic mass is 16.5. The molecule has 1 amide bonds. The van der Waals surface area contributed by atoms with Crippen molar-refractivity contribution < 1.29 is 9.53 Å². The fourth-order valence-corrected chi connectivity index (χ4v) is 2.75. The Bertz CT molecular complexity index is 758. The summed E-state index contributed by atoms with van der Waals surface area (Å²) in [7, 11) is 1.72. The summed E-state index contributed by atoms with van der Waals surface area (Å²) in [6, 6.07) is 6.10. The lowest BCUT2D eigenvalue weighted by molar-refractivity contribution is -0.112. The van der Waals surface area contributed by atoms with Gasteiger partial charge in [-0.3, -0.25) is 9.79 Å². The number of carbonyl (C=O) groups excluding carboxylic acids is 1. The molecule has 1 aromatic rings. The standard InChI is InChI=1S/C15H21NO.C12H21NO.C2H6/c1-5-7-13-8-9-14(10-12(13)4)16-15(17)11(3)6-2;1-5-7-8-12(10-13-6-2)9-11(3)14-4;1-2/h6,8-10H,5,7H2,1-4H3,(H,16,17);5-7,9,11H,8,10H2,1-4H3;1-2H3/b11-6+;7-5-,12-9+,13-6?;. The van der Waals surface area contributed by atoms with Crippen molar-refractivity contribution in [2.75, 3.05) is 19.0 Å². The molecule has 0 aliphatic heterocycles. The van der Waals surface area contributed by atoms with E-state index < -0.39 is 0 Å². The molecule has 186 valence electrons. The van der Waals surface area contributed by atoms with E-state index in [2.05, 4.69) is 48.5 Å². The molecule has 0 heterocycles. The molecule has 1 atom stereocenters. The molecule has 33 heavy (non-hydrogen) atoms. The molecule has 0 saturated heterocycles. The van der Waals surface area contributed by atoms with Gasteiger partial charge >= 0.3 is 0 Å². The lowest BCUT2D eigenvalue weighted by Crippen LogP contribution is -2.12. The van der Waals surface area contributed by atoms with Gasteiger partial charge in [0.1, 0.15) is 0 Å². The number of benzene rings is 1. The number of nitrogens with zero attached hydrogens (tertiary/aromatic N) is 1. The average Bonchev–Trinajstić information content (AvgIpc) is 2.83. The van der Waals surface area contributed by atoms with Crippen LogP contribution in [-0.4, -0.2) is 31.9 Å². The molecule has 0 radical (unpaired) electrons. The summed E-state index contributed by atoms with van der Waals surface area (Å²) in [4.78, 5) is 15.9. The van der Waals surface area contributed by atoms with Crippen LogP contribution < -0.4 is 5.32 Å². The number of aryl methyl sites for hydroxylation is 2. The van der Waals surface area contributed by atoms with Crippen LogP contribution in [0.1, 0.15) is 79.4 Å². The summed E-state index contributed by atoms with van der Waals surface area (Å²) in [6.07, 6.45) is 13.3. The summed E-state index contributed by atoms with van der Waals surface area (Å²) in [6.45, 7) is 18.7. The molecule has 4 nitrogen and oxygen atoms in total. The number of hydrogen-bond acceptors (Lipinski definition) is 3. The van der Waals surface area contributed by atoms with Crippen molar-refractivity contribution in [1.29, 1.82) is 0 Å². The second-order valence-electron chi connectivity index (χ2n) is 7.45. The molecule has 1 N–H and O–H groups in total. The summed E-state index contributed by atoms with van der Waals surface area (Å²) >= 11 is 0. The van der Waals surface area contributed by atoms with Crippen molar-refractivity contribution in [3.63, 3.8) is 0 Å². The molecular formula is C29H48N2O2. The number of nitrogens with one attached hydrogen (secondary N) is 1. The monoisotopic (exact) mass is 456 g/mol. The average molecular weight is 457 g/mol. The van der Waals surface area contributed by atoms with E-state index in [1.807, 2.05) is 72.9 Å². The third-order valence-corrected chi connectivity index (χ3v) is 4.85. The highest BCUT2D eigenvalue weighted by Crippen LogP contribution is 2.17. The van der Waals surface area contributed by atoms with Gasteiger partial charge in [-0.25, -0.2) is 0 Å². The molecule has 0 aromatic heterocycles. The number of rotatable bonds is 10. The Balaban J connectivity index is 0. The third kappa shape index (κ3) is 15.9. The van der Waals surface area contributed by atoms with Crippen LogP contribution in [0.15, 0.2) is 58.6 Å². The van der Waals surface area contributed by atoms with Crippen LogP contribution in [0.5, 0.6) is 0 Å². The van der Waals surface area contributed by atoms with Crippen LogP contribution in [-0.2, 0) is 16.0 Å². The second kappa shape index (κ2) is 21.4. The quantitative estimate of drug-likeness (QED) is 0.221. The predicted octanol–water partition coefficient (Wildman–Crippen LogP) is 7.88. The fourth-order valence-electron chi connectivity index (χ4n) is 2.75. The number of anilines is 1. The first-order valence-corrected chi connectivity index (χ1v) is 12.1. The van der Waals surface area contributed by atoms with Crippen molar-refractivity contribution in [3.05, 3.63) is 64.8 Å². The molecule has 0 aliphatic carbocycles. The van der Waals surface area contributed by atoms with Crippen molar-refractivity contribution in [2.45, 2.75) is 87.7 Å². The van der Waals surface area contributed by atoms with Gasteiger partial charge in [-0.2, -0.15) is 0 Å². The van der Waals surface area contributed by atoms with E-state index in [0.717, 1.165) is 37.1 Å². The highest BCUT2D eigenvalue weighted by molar-refractivity contribution is 6.03. The molecule has 1 rings (SSSR count). The van der Waals surface area contributed by atoms with Crippen molar-refractivity contribution in [1.82, 2.24) is 0 Å². The molecule has 0 spiro atoms. The highest BCUT2D eigenvalue weighted by Gasteiger charge is 2.05. The van der Waals surface area contributed by atoms with Gasteiger partial charge < -0.3 is 10.1 Å². The van der Waals surface area contributed by atoms with Gasteiger partial charge in [0.05, 0.1) is 12.6 Å². The van der Waals surface area contributed by atoms with E-state index >= 15 is 0 Å². The van der Waals surface area contributed by atoms with Crippen molar-refractivity contribution >= 4 is 17.8 Å². The van der Waals surface area contributed by atoms with Crippen LogP contribution in [0.3, 0.4) is 0 Å². The van der Waals surface area contributed by atoms with Crippen LogP contribution in [0, 0.1) is 6.92 Å². The van der Waals surface area contributed by atoms with Crippen molar-refractivity contribution in [3.8, 4) is 0 Å². The number of hydrogen-bond donors (Lipinski definition) is 1. The molecule has 4 heteroatoms. The number of amides is 1. The smallest absolute Gasteiger partial charge is 0.250 e. The van der Waals surface area contributed by atoms with Crippen LogP contribution in [0.25, 0.3) is 0 Å². The number of carbonyl (C=O) groups is 1. The third-order valence-electron chi connectivity index (χ3n) is 4.85. The zero-order chi connectivity index (χ0) is 25.6. The maximum atomic E-state index is 11.7. The zero-order valence-corrected chi connectivity index (χ0v) is 22.8. The van der Waals surface area contributed by atoms with Crippen LogP contribution in [0.4, 0.5) is 5.69 Å². The summed E-state index contributed by atoms with van der Waals surface area (Å²) in [5.41, 5.74) is 5.50. The first-order chi connectivity index (χ1) is 15.8. The van der Waals surface area contributed by atoms with Crippen LogP contribution >= 0.6 is 0 Å². The molecule has 0 bridgehead atoms. The minimum absolute atomic E-state index is 0.0323. The first kappa shape index (κ1) is 32.7. The van der Waals surface area contributed by atoms with E-state index in [0.29, 0.717) is 0 Å². The Morgan fingerprint density at radius 2 is 1.88 bits per heavy atom. The summed E-state index contributed by atoms with van der Waals surface area (Å²) in [5.74, 6) is -0.0323. The lowest BCUT2D eigenvalue weighted by Gasteiger charge is -2.09. The molecule has 0 aliphatic rings. The Hall–Kier alpha value is -2.46. The van der Waals surface area contributed by atoms with E-state index in [9.17, 15) is 4.79 Å². The van der Waals surface area contributed by atoms with Gasteiger partial charge in [-0.05, 0) is 89.4 Å². The minimum Gasteiger partial charge on any atom is -0.378 e. The Labute approximate surface area is 203 Å². The maximum Gasteiger partial charge on any atom is 0.250 e. The molecule has 0 saturated carbocycles. The molecule has 1 unspecified atom stereocenters. The number of allylic oxidation sites excluding steroid dienone is 3. The van der Waals surface area contributed by atoms with Gasteiger partial charge in [0, 0.05) is 18.4 Å². The van der Waals surface area contributed by atoms with E-state index in [1.165, 1.54) is 16.7 Å². The second-order valence-corrected chi connectivity index (χ2v) is 7.45. The van der Waals surface area contributed by atoms with E-state index in [4.69, 9.17) is 4.74 Å². The fraction of sp³-hybridized carbons (Fsp3) is 0.517. The Morgan fingerprint density at radius 3 is 2.36 bits per heavy atom. The van der Waals surface area contributed by atoms with Gasteiger partial charge in [0.15, 0.2) is 0 Å². The SMILES string of the molecule is C/C=C(\C)C(=O)Nc1ccc(CCC)c(C)c1.CC.CC=NC/C(=C/C(C)OC)C/C=C\C. The largest absolute Gasteiger partial charge is 0.378 e. The molecule has 0 fully saturated rings. The lowest BCUT2D eigenvalue weighted by atomic mass is 10.0. The minimum atomic E-state index is -0.0323. The summed E-state index contributed by atoms with van der Waals surface area (Å²) < 4.78 is 5.19. The zero-order valence-electron chi connectivity index (χ0n) is 22.8. The van der Waals surface area contributed by atoms with Crippen molar-refractivity contribution in [2.24, 2.45) is 4.99 Å². The van der Waals surface area contributed by atoms with Gasteiger partial charge in [0.2, 0.25) is 0 Å². The normalized spacial score (nSPS) is 12.7. The van der Waals surface area contributed by atoms with Crippen LogP contribution in [0.2, 0.25) is 0 Å². The predicted molar refractivity (Wildman–Crippen MR) is 148 cm³/mol. The maximum absolute atomic E-state index is 11.7. The Kier molecular flexibility index (Phi) is 21.2. The van der Waals surface area contributed by atoms with Gasteiger partial charge in [-0.1, -0.05) is 57.6 Å². The Morgan fingerprint density at radius 1 is 1.21 bits per heavy atom. The van der Waals surface area contributed by atoms with Gasteiger partial charge in [0.25, 0.3) is 5.91 Å². The number of methoxy groups -OCH3 is 1. The van der Waals surface area contributed by atoms with Gasteiger partial charge in [-0.15, -0.1) is 0 Å². The molecular weight excluding hydrogens is 408 g/mol. The summed E-state index contributed by atoms with van der Waals surface area (Å²) in [5, 5.41) is 2.90.